The maximum atomic E-state index is 14.5. The number of carbonyl (C=O) groups is 1. The van der Waals surface area contributed by atoms with Crippen molar-refractivity contribution < 1.29 is 27.5 Å². The molecule has 8 heteroatoms. The maximum Gasteiger partial charge on any atom is 0.340 e. The number of benzene rings is 4. The molecule has 0 radical (unpaired) electrons. The van der Waals surface area contributed by atoms with E-state index in [0.717, 1.165) is 37.9 Å². The predicted molar refractivity (Wildman–Crippen MR) is 254 cm³/mol. The molecule has 0 saturated heterocycles. The molecule has 1 unspecified atom stereocenters. The lowest BCUT2D eigenvalue weighted by molar-refractivity contribution is -0.146. The van der Waals surface area contributed by atoms with E-state index in [1.807, 2.05) is 0 Å². The van der Waals surface area contributed by atoms with Crippen LogP contribution in [0.2, 0.25) is 10.1 Å². The number of halogens is 1. The topological polar surface area (TPSA) is 54.0 Å². The van der Waals surface area contributed by atoms with Gasteiger partial charge in [-0.25, -0.2) is 9.18 Å². The quantitative estimate of drug-likeness (QED) is 0.0407. The van der Waals surface area contributed by atoms with Crippen molar-refractivity contribution in [3.8, 4) is 0 Å². The number of hydrogen-bond acceptors (Lipinski definition) is 5. The molecule has 5 nitrogen and oxygen atoms in total. The fourth-order valence-corrected chi connectivity index (χ4v) is 19.3. The minimum absolute atomic E-state index is 0.00423. The van der Waals surface area contributed by atoms with E-state index < -0.39 is 28.8 Å². The number of allylic oxidation sites excluding steroid dienone is 1. The zero-order valence-corrected chi connectivity index (χ0v) is 39.8. The summed E-state index contributed by atoms with van der Waals surface area (Å²) in [5.74, 6) is 0.128. The minimum Gasteiger partial charge on any atom is -0.494 e. The van der Waals surface area contributed by atoms with Crippen LogP contribution in [0.5, 0.6) is 0 Å². The van der Waals surface area contributed by atoms with Gasteiger partial charge in [-0.15, -0.1) is 0 Å². The monoisotopic (exact) mass is 860 g/mol. The Balaban J connectivity index is 1.43. The van der Waals surface area contributed by atoms with Crippen molar-refractivity contribution in [1.82, 2.24) is 0 Å². The van der Waals surface area contributed by atoms with Crippen LogP contribution in [0.1, 0.15) is 99.8 Å². The molecule has 0 N–H and O–H groups in total. The van der Waals surface area contributed by atoms with E-state index in [2.05, 4.69) is 193 Å². The van der Waals surface area contributed by atoms with E-state index in [4.69, 9.17) is 13.6 Å². The Kier molecular flexibility index (Phi) is 15.5. The number of hydrogen-bond donors (Lipinski definition) is 0. The third-order valence-corrected chi connectivity index (χ3v) is 23.0. The summed E-state index contributed by atoms with van der Waals surface area (Å²) in [7, 11) is -4.56. The zero-order valence-electron chi connectivity index (χ0n) is 37.8. The SMILES string of the molecule is CCCCC[C@@H](/C=C/[C@@H]1[C@H]2C=C(CCCC(F)C(=O)OC)O[C@H]2C[C@H]1O[Si](c1ccccc1)(c1ccccc1)C(C)(C)C)O[Si](c1ccccc1)(c1ccccc1)C(C)(C)C. The van der Waals surface area contributed by atoms with Gasteiger partial charge in [0.1, 0.15) is 6.10 Å². The number of rotatable bonds is 19. The molecule has 4 aromatic rings. The maximum absolute atomic E-state index is 14.5. The molecule has 1 aliphatic heterocycles. The Bertz CT molecular complexity index is 1950. The highest BCUT2D eigenvalue weighted by Crippen LogP contribution is 2.48. The van der Waals surface area contributed by atoms with Crippen LogP contribution in [-0.4, -0.2) is 54.2 Å². The minimum atomic E-state index is -2.92. The summed E-state index contributed by atoms with van der Waals surface area (Å²) in [6, 6.07) is 43.6. The summed E-state index contributed by atoms with van der Waals surface area (Å²) in [6.07, 6.45) is 11.2. The van der Waals surface area contributed by atoms with Crippen molar-refractivity contribution in [2.75, 3.05) is 7.11 Å². The molecule has 0 amide bonds. The Morgan fingerprint density at radius 3 is 1.69 bits per heavy atom. The summed E-state index contributed by atoms with van der Waals surface area (Å²) >= 11 is 0. The third-order valence-electron chi connectivity index (χ3n) is 12.9. The standard InChI is InChI=1S/C53H69FO5Si2/c1-9-10-15-25-40(58-60(52(2,3)4,42-27-16-11-17-28-42)43-29-18-12-19-30-43)36-37-46-47-38-41(26-24-35-48(54)51(55)56-8)57-49(47)39-50(46)59-61(53(5,6)7,44-31-20-13-21-32-44)45-33-22-14-23-34-45/h11-14,16-23,27-34,36-38,40,46-50H,9-10,15,24-26,35,39H2,1-8H3/b37-36+/t40-,46+,47+,48?,49-,50+/m0/s1. The normalized spacial score (nSPS) is 20.5. The molecule has 1 heterocycles. The van der Waals surface area contributed by atoms with Crippen LogP contribution in [0.4, 0.5) is 4.39 Å². The highest BCUT2D eigenvalue weighted by molar-refractivity contribution is 7.00. The van der Waals surface area contributed by atoms with Crippen LogP contribution in [-0.2, 0) is 23.1 Å². The van der Waals surface area contributed by atoms with Gasteiger partial charge in [0.05, 0.1) is 25.1 Å². The predicted octanol–water partition coefficient (Wildman–Crippen LogP) is 10.6. The number of fused-ring (bicyclic) bond motifs is 1. The first kappa shape index (κ1) is 46.4. The van der Waals surface area contributed by atoms with Gasteiger partial charge in [0.2, 0.25) is 0 Å². The highest BCUT2D eigenvalue weighted by Gasteiger charge is 2.56. The van der Waals surface area contributed by atoms with Crippen LogP contribution >= 0.6 is 0 Å². The Morgan fingerprint density at radius 2 is 1.23 bits per heavy atom. The van der Waals surface area contributed by atoms with Crippen LogP contribution in [0.15, 0.2) is 145 Å². The first-order valence-corrected chi connectivity index (χ1v) is 26.4. The molecule has 1 fully saturated rings. The number of ether oxygens (including phenoxy) is 2. The average Bonchev–Trinajstić information content (AvgIpc) is 3.80. The van der Waals surface area contributed by atoms with Crippen molar-refractivity contribution in [3.05, 3.63) is 145 Å². The fourth-order valence-electron chi connectivity index (χ4n) is 9.93. The van der Waals surface area contributed by atoms with Crippen molar-refractivity contribution in [3.63, 3.8) is 0 Å². The lowest BCUT2D eigenvalue weighted by Gasteiger charge is -2.46. The summed E-state index contributed by atoms with van der Waals surface area (Å²) < 4.78 is 41.7. The fraction of sp³-hybridized carbons (Fsp3) is 0.453. The highest BCUT2D eigenvalue weighted by atomic mass is 28.4. The number of methoxy groups -OCH3 is 1. The molecular formula is C53H69FO5Si2. The Morgan fingerprint density at radius 1 is 0.738 bits per heavy atom. The Labute approximate surface area is 368 Å². The molecule has 6 rings (SSSR count). The lowest BCUT2D eigenvalue weighted by Crippen LogP contribution is -2.68. The second-order valence-electron chi connectivity index (χ2n) is 19.1. The molecule has 4 aromatic carbocycles. The van der Waals surface area contributed by atoms with E-state index in [1.54, 1.807) is 0 Å². The second-order valence-corrected chi connectivity index (χ2v) is 27.6. The molecule has 1 aliphatic carbocycles. The van der Waals surface area contributed by atoms with Gasteiger partial charge in [-0.2, -0.15) is 0 Å². The summed E-state index contributed by atoms with van der Waals surface area (Å²) in [5.41, 5.74) is 0. The number of carbonyl (C=O) groups excluding carboxylic acids is 1. The zero-order chi connectivity index (χ0) is 43.7. The average molecular weight is 861 g/mol. The van der Waals surface area contributed by atoms with Gasteiger partial charge in [0.15, 0.2) is 6.17 Å². The molecule has 0 aromatic heterocycles. The summed E-state index contributed by atoms with van der Waals surface area (Å²) in [5, 5.41) is 4.70. The van der Waals surface area contributed by atoms with E-state index in [0.29, 0.717) is 12.8 Å². The van der Waals surface area contributed by atoms with Gasteiger partial charge in [0, 0.05) is 24.7 Å². The first-order chi connectivity index (χ1) is 29.2. The van der Waals surface area contributed by atoms with E-state index in [-0.39, 0.29) is 46.6 Å². The molecule has 0 spiro atoms. The van der Waals surface area contributed by atoms with Crippen molar-refractivity contribution in [2.24, 2.45) is 11.8 Å². The molecule has 0 bridgehead atoms. The van der Waals surface area contributed by atoms with Gasteiger partial charge >= 0.3 is 5.97 Å². The van der Waals surface area contributed by atoms with Crippen LogP contribution in [0.3, 0.4) is 0 Å². The smallest absolute Gasteiger partial charge is 0.340 e. The molecular weight excluding hydrogens is 792 g/mol. The van der Waals surface area contributed by atoms with Crippen LogP contribution in [0.25, 0.3) is 0 Å². The van der Waals surface area contributed by atoms with Gasteiger partial charge in [-0.3, -0.25) is 0 Å². The third kappa shape index (κ3) is 10.3. The summed E-state index contributed by atoms with van der Waals surface area (Å²) in [4.78, 5) is 11.8. The number of esters is 1. The van der Waals surface area contributed by atoms with Crippen LogP contribution < -0.4 is 20.7 Å². The van der Waals surface area contributed by atoms with Gasteiger partial charge in [-0.1, -0.05) is 201 Å². The van der Waals surface area contributed by atoms with E-state index in [1.165, 1.54) is 27.9 Å². The number of unbranched alkanes of at least 4 members (excludes halogenated alkanes) is 2. The summed E-state index contributed by atoms with van der Waals surface area (Å²) in [6.45, 7) is 16.3. The van der Waals surface area contributed by atoms with Crippen molar-refractivity contribution in [1.29, 1.82) is 0 Å². The second kappa shape index (κ2) is 20.4. The molecule has 1 saturated carbocycles. The molecule has 326 valence electrons. The van der Waals surface area contributed by atoms with Crippen molar-refractivity contribution in [2.45, 2.75) is 134 Å². The van der Waals surface area contributed by atoms with Gasteiger partial charge < -0.3 is 18.3 Å². The molecule has 6 atom stereocenters. The van der Waals surface area contributed by atoms with Gasteiger partial charge in [0.25, 0.3) is 16.6 Å². The van der Waals surface area contributed by atoms with Crippen molar-refractivity contribution >= 4 is 43.4 Å². The van der Waals surface area contributed by atoms with E-state index >= 15 is 0 Å². The lowest BCUT2D eigenvalue weighted by atomic mass is 9.92. The first-order valence-electron chi connectivity index (χ1n) is 22.6. The molecule has 61 heavy (non-hydrogen) atoms. The Hall–Kier alpha value is -4.09. The van der Waals surface area contributed by atoms with Crippen LogP contribution in [0, 0.1) is 11.8 Å². The number of alkyl halides is 1. The van der Waals surface area contributed by atoms with Gasteiger partial charge in [-0.05, 0) is 56.2 Å². The van der Waals surface area contributed by atoms with E-state index in [9.17, 15) is 9.18 Å². The molecule has 2 aliphatic rings. The largest absolute Gasteiger partial charge is 0.494 e.